The molecule has 0 saturated heterocycles. The van der Waals surface area contributed by atoms with Gasteiger partial charge in [-0.15, -0.1) is 0 Å². The molecule has 1 saturated carbocycles. The molecule has 0 atom stereocenters. The summed E-state index contributed by atoms with van der Waals surface area (Å²) in [6, 6.07) is 0. The molecule has 1 aliphatic rings. The zero-order valence-electron chi connectivity index (χ0n) is 7.97. The van der Waals surface area contributed by atoms with Gasteiger partial charge in [-0.3, -0.25) is 0 Å². The SMILES string of the molecule is NCCCC1CCC(CN)CC1. The molecule has 2 nitrogen and oxygen atoms in total. The Morgan fingerprint density at radius 2 is 1.50 bits per heavy atom. The molecule has 0 spiro atoms. The Hall–Kier alpha value is -0.0800. The summed E-state index contributed by atoms with van der Waals surface area (Å²) in [7, 11) is 0. The summed E-state index contributed by atoms with van der Waals surface area (Å²) >= 11 is 0. The van der Waals surface area contributed by atoms with Gasteiger partial charge in [0.1, 0.15) is 0 Å². The van der Waals surface area contributed by atoms with E-state index in [-0.39, 0.29) is 0 Å². The molecule has 0 aliphatic heterocycles. The summed E-state index contributed by atoms with van der Waals surface area (Å²) in [6.45, 7) is 1.75. The van der Waals surface area contributed by atoms with Gasteiger partial charge in [0.15, 0.2) is 0 Å². The fourth-order valence-electron chi connectivity index (χ4n) is 2.16. The van der Waals surface area contributed by atoms with Crippen molar-refractivity contribution in [2.45, 2.75) is 38.5 Å². The first-order valence-corrected chi connectivity index (χ1v) is 5.27. The van der Waals surface area contributed by atoms with Crippen LogP contribution in [0.5, 0.6) is 0 Å². The normalized spacial score (nSPS) is 30.5. The number of rotatable bonds is 4. The lowest BCUT2D eigenvalue weighted by molar-refractivity contribution is 0.265. The first-order chi connectivity index (χ1) is 5.86. The largest absolute Gasteiger partial charge is 0.330 e. The van der Waals surface area contributed by atoms with Crippen LogP contribution in [-0.2, 0) is 0 Å². The van der Waals surface area contributed by atoms with Gasteiger partial charge in [0.2, 0.25) is 0 Å². The molecule has 1 aliphatic carbocycles. The fraction of sp³-hybridized carbons (Fsp3) is 1.00. The molecule has 0 heterocycles. The predicted molar refractivity (Wildman–Crippen MR) is 52.8 cm³/mol. The van der Waals surface area contributed by atoms with Crippen LogP contribution in [0.2, 0.25) is 0 Å². The van der Waals surface area contributed by atoms with Crippen molar-refractivity contribution in [3.63, 3.8) is 0 Å². The Kier molecular flexibility index (Phi) is 4.62. The van der Waals surface area contributed by atoms with Crippen molar-refractivity contribution in [2.75, 3.05) is 13.1 Å². The second-order valence-corrected chi connectivity index (χ2v) is 4.05. The maximum Gasteiger partial charge on any atom is -0.00489 e. The molecular weight excluding hydrogens is 148 g/mol. The third-order valence-corrected chi connectivity index (χ3v) is 3.12. The van der Waals surface area contributed by atoms with E-state index in [1.165, 1.54) is 38.5 Å². The lowest BCUT2D eigenvalue weighted by Crippen LogP contribution is -2.21. The van der Waals surface area contributed by atoms with Gasteiger partial charge in [-0.1, -0.05) is 12.8 Å². The van der Waals surface area contributed by atoms with Gasteiger partial charge in [-0.25, -0.2) is 0 Å². The Bertz CT molecular complexity index is 106. The number of hydrogen-bond donors (Lipinski definition) is 2. The topological polar surface area (TPSA) is 52.0 Å². The van der Waals surface area contributed by atoms with Crippen molar-refractivity contribution >= 4 is 0 Å². The summed E-state index contributed by atoms with van der Waals surface area (Å²) in [5, 5.41) is 0. The van der Waals surface area contributed by atoms with E-state index in [0.717, 1.165) is 24.9 Å². The molecular formula is C10H22N2. The minimum atomic E-state index is 0.819. The maximum atomic E-state index is 5.63. The van der Waals surface area contributed by atoms with E-state index in [1.54, 1.807) is 0 Å². The third kappa shape index (κ3) is 3.11. The highest BCUT2D eigenvalue weighted by Crippen LogP contribution is 2.30. The standard InChI is InChI=1S/C10H22N2/c11-7-1-2-9-3-5-10(8-12)6-4-9/h9-10H,1-8,11-12H2. The second kappa shape index (κ2) is 5.55. The highest BCUT2D eigenvalue weighted by atomic mass is 14.6. The second-order valence-electron chi connectivity index (χ2n) is 4.05. The summed E-state index contributed by atoms with van der Waals surface area (Å²) in [4.78, 5) is 0. The lowest BCUT2D eigenvalue weighted by atomic mass is 9.80. The van der Waals surface area contributed by atoms with E-state index < -0.39 is 0 Å². The monoisotopic (exact) mass is 170 g/mol. The first kappa shape index (κ1) is 10.0. The highest BCUT2D eigenvalue weighted by Gasteiger charge is 2.19. The molecule has 0 unspecified atom stereocenters. The average molecular weight is 170 g/mol. The third-order valence-electron chi connectivity index (χ3n) is 3.12. The van der Waals surface area contributed by atoms with Crippen molar-refractivity contribution in [3.8, 4) is 0 Å². The molecule has 0 radical (unpaired) electrons. The van der Waals surface area contributed by atoms with E-state index in [0.29, 0.717) is 0 Å². The van der Waals surface area contributed by atoms with E-state index in [4.69, 9.17) is 11.5 Å². The smallest absolute Gasteiger partial charge is 0.00489 e. The average Bonchev–Trinajstić information content (AvgIpc) is 2.15. The molecule has 4 N–H and O–H groups in total. The van der Waals surface area contributed by atoms with Crippen LogP contribution in [0.15, 0.2) is 0 Å². The van der Waals surface area contributed by atoms with Crippen LogP contribution >= 0.6 is 0 Å². The van der Waals surface area contributed by atoms with E-state index in [9.17, 15) is 0 Å². The zero-order valence-corrected chi connectivity index (χ0v) is 7.97. The van der Waals surface area contributed by atoms with Crippen LogP contribution in [0.25, 0.3) is 0 Å². The van der Waals surface area contributed by atoms with Crippen molar-refractivity contribution in [2.24, 2.45) is 23.3 Å². The number of hydrogen-bond acceptors (Lipinski definition) is 2. The van der Waals surface area contributed by atoms with Gasteiger partial charge in [0, 0.05) is 0 Å². The van der Waals surface area contributed by atoms with E-state index in [2.05, 4.69) is 0 Å². The molecule has 0 aromatic carbocycles. The van der Waals surface area contributed by atoms with Gasteiger partial charge in [-0.2, -0.15) is 0 Å². The van der Waals surface area contributed by atoms with Gasteiger partial charge >= 0.3 is 0 Å². The molecule has 1 rings (SSSR count). The molecule has 0 aromatic heterocycles. The van der Waals surface area contributed by atoms with Gasteiger partial charge < -0.3 is 11.5 Å². The predicted octanol–water partition coefficient (Wildman–Crippen LogP) is 1.49. The van der Waals surface area contributed by atoms with Crippen LogP contribution < -0.4 is 11.5 Å². The highest BCUT2D eigenvalue weighted by molar-refractivity contribution is 4.72. The fourth-order valence-corrected chi connectivity index (χ4v) is 2.16. The molecule has 2 heteroatoms. The van der Waals surface area contributed by atoms with E-state index in [1.807, 2.05) is 0 Å². The Morgan fingerprint density at radius 3 is 2.00 bits per heavy atom. The molecule has 1 fully saturated rings. The van der Waals surface area contributed by atoms with Crippen molar-refractivity contribution in [3.05, 3.63) is 0 Å². The molecule has 0 bridgehead atoms. The molecule has 0 amide bonds. The molecule has 12 heavy (non-hydrogen) atoms. The van der Waals surface area contributed by atoms with Crippen molar-refractivity contribution < 1.29 is 0 Å². The summed E-state index contributed by atoms with van der Waals surface area (Å²) in [5.41, 5.74) is 11.1. The van der Waals surface area contributed by atoms with Crippen LogP contribution in [0.1, 0.15) is 38.5 Å². The Morgan fingerprint density at radius 1 is 0.917 bits per heavy atom. The van der Waals surface area contributed by atoms with E-state index >= 15 is 0 Å². The van der Waals surface area contributed by atoms with Crippen molar-refractivity contribution in [1.82, 2.24) is 0 Å². The minimum absolute atomic E-state index is 0.819. The zero-order chi connectivity index (χ0) is 8.81. The van der Waals surface area contributed by atoms with Crippen LogP contribution in [0, 0.1) is 11.8 Å². The Labute approximate surface area is 75.7 Å². The summed E-state index contributed by atoms with van der Waals surface area (Å²) in [6.07, 6.45) is 8.03. The Balaban J connectivity index is 2.09. The summed E-state index contributed by atoms with van der Waals surface area (Å²) < 4.78 is 0. The first-order valence-electron chi connectivity index (χ1n) is 5.27. The quantitative estimate of drug-likeness (QED) is 0.671. The maximum absolute atomic E-state index is 5.63. The van der Waals surface area contributed by atoms with Crippen LogP contribution in [0.4, 0.5) is 0 Å². The lowest BCUT2D eigenvalue weighted by Gasteiger charge is -2.27. The van der Waals surface area contributed by atoms with Gasteiger partial charge in [0.25, 0.3) is 0 Å². The molecule has 72 valence electrons. The summed E-state index contributed by atoms with van der Waals surface area (Å²) in [5.74, 6) is 1.77. The van der Waals surface area contributed by atoms with Gasteiger partial charge in [-0.05, 0) is 50.6 Å². The minimum Gasteiger partial charge on any atom is -0.330 e. The van der Waals surface area contributed by atoms with Gasteiger partial charge in [0.05, 0.1) is 0 Å². The van der Waals surface area contributed by atoms with Crippen molar-refractivity contribution in [1.29, 1.82) is 0 Å². The number of nitrogens with two attached hydrogens (primary N) is 2. The van der Waals surface area contributed by atoms with Crippen LogP contribution in [-0.4, -0.2) is 13.1 Å². The molecule has 0 aromatic rings. The van der Waals surface area contributed by atoms with Crippen LogP contribution in [0.3, 0.4) is 0 Å².